The van der Waals surface area contributed by atoms with Gasteiger partial charge in [-0.2, -0.15) is 0 Å². The van der Waals surface area contributed by atoms with E-state index < -0.39 is 10.0 Å². The minimum absolute atomic E-state index is 0.182. The van der Waals surface area contributed by atoms with Crippen molar-refractivity contribution in [3.05, 3.63) is 53.6 Å². The number of anilines is 1. The van der Waals surface area contributed by atoms with Crippen LogP contribution in [0.2, 0.25) is 5.02 Å². The summed E-state index contributed by atoms with van der Waals surface area (Å²) in [5, 5.41) is 0.486. The van der Waals surface area contributed by atoms with Crippen molar-refractivity contribution in [2.45, 2.75) is 37.5 Å². The molecule has 182 valence electrons. The number of sulfonamides is 1. The average Bonchev–Trinajstić information content (AvgIpc) is 2.78. The van der Waals surface area contributed by atoms with Gasteiger partial charge in [-0.25, -0.2) is 8.42 Å². The number of nitrogens with zero attached hydrogens (tertiary/aromatic N) is 2. The molecule has 0 aliphatic carbocycles. The Balaban J connectivity index is 1.70. The summed E-state index contributed by atoms with van der Waals surface area (Å²) in [6.45, 7) is 3.99. The summed E-state index contributed by atoms with van der Waals surface area (Å²) in [5.41, 5.74) is 0.546. The third-order valence-corrected chi connectivity index (χ3v) is 7.13. The number of hydrogen-bond donors (Lipinski definition) is 0. The summed E-state index contributed by atoms with van der Waals surface area (Å²) in [5.74, 6) is 0.512. The second-order valence-corrected chi connectivity index (χ2v) is 10.1. The van der Waals surface area contributed by atoms with Gasteiger partial charge in [0.2, 0.25) is 0 Å². The van der Waals surface area contributed by atoms with Crippen LogP contribution in [0.15, 0.2) is 53.4 Å². The first kappa shape index (κ1) is 27.0. The molecule has 0 bridgehead atoms. The fraction of sp³-hybridized carbons (Fsp3) is 0.458. The molecule has 0 unspecified atom stereocenters. The van der Waals surface area contributed by atoms with E-state index in [0.29, 0.717) is 36.2 Å². The number of halogens is 1. The first-order chi connectivity index (χ1) is 15.7. The molecule has 0 aliphatic heterocycles. The van der Waals surface area contributed by atoms with Crippen LogP contribution in [0.5, 0.6) is 5.75 Å². The number of carbonyl (C=O) groups excluding carboxylic acids is 1. The van der Waals surface area contributed by atoms with E-state index in [1.54, 1.807) is 43.3 Å². The number of unbranched alkanes of at least 4 members (excludes halogenated alkanes) is 3. The number of ether oxygens (including phenoxy) is 2. The molecule has 2 aromatic carbocycles. The molecule has 33 heavy (non-hydrogen) atoms. The summed E-state index contributed by atoms with van der Waals surface area (Å²) in [6, 6.07) is 13.1. The second kappa shape index (κ2) is 13.4. The van der Waals surface area contributed by atoms with Crippen LogP contribution in [-0.2, 0) is 19.6 Å². The predicted molar refractivity (Wildman–Crippen MR) is 132 cm³/mol. The molecule has 0 aliphatic rings. The molecule has 0 amide bonds. The van der Waals surface area contributed by atoms with Gasteiger partial charge in [-0.3, -0.25) is 14.0 Å². The predicted octanol–water partition coefficient (Wildman–Crippen LogP) is 4.60. The molecule has 0 heterocycles. The molecule has 2 aromatic rings. The Bertz CT molecular complexity index is 965. The molecule has 0 aromatic heterocycles. The molecule has 2 rings (SSSR count). The summed E-state index contributed by atoms with van der Waals surface area (Å²) in [7, 11) is -0.226. The largest absolute Gasteiger partial charge is 0.494 e. The maximum absolute atomic E-state index is 12.8. The van der Waals surface area contributed by atoms with Gasteiger partial charge in [-0.05, 0) is 81.9 Å². The Hall–Kier alpha value is -2.29. The number of likely N-dealkylation sites (N-methyl/N-ethyl adjacent to an activating group) is 1. The fourth-order valence-electron chi connectivity index (χ4n) is 3.19. The minimum atomic E-state index is -3.66. The lowest BCUT2D eigenvalue weighted by Gasteiger charge is -2.20. The van der Waals surface area contributed by atoms with E-state index in [2.05, 4.69) is 0 Å². The van der Waals surface area contributed by atoms with E-state index in [1.165, 1.54) is 23.5 Å². The highest BCUT2D eigenvalue weighted by Gasteiger charge is 2.21. The average molecular weight is 497 g/mol. The third-order valence-electron chi connectivity index (χ3n) is 5.08. The number of carbonyl (C=O) groups is 1. The van der Waals surface area contributed by atoms with Gasteiger partial charge >= 0.3 is 5.97 Å². The number of esters is 1. The van der Waals surface area contributed by atoms with E-state index in [0.717, 1.165) is 32.2 Å². The van der Waals surface area contributed by atoms with Crippen LogP contribution in [-0.4, -0.2) is 59.7 Å². The van der Waals surface area contributed by atoms with Crippen LogP contribution in [0.3, 0.4) is 0 Å². The van der Waals surface area contributed by atoms with Gasteiger partial charge in [-0.15, -0.1) is 0 Å². The zero-order chi connectivity index (χ0) is 24.3. The van der Waals surface area contributed by atoms with Crippen molar-refractivity contribution >= 4 is 33.3 Å². The van der Waals surface area contributed by atoms with E-state index in [4.69, 9.17) is 21.1 Å². The lowest BCUT2D eigenvalue weighted by molar-refractivity contribution is -0.144. The Morgan fingerprint density at radius 1 is 0.939 bits per heavy atom. The molecule has 0 radical (unpaired) electrons. The van der Waals surface area contributed by atoms with E-state index >= 15 is 0 Å². The molecule has 0 saturated heterocycles. The van der Waals surface area contributed by atoms with Crippen LogP contribution < -0.4 is 9.04 Å². The quantitative estimate of drug-likeness (QED) is 0.281. The highest BCUT2D eigenvalue weighted by Crippen LogP contribution is 2.25. The molecule has 9 heteroatoms. The summed E-state index contributed by atoms with van der Waals surface area (Å²) in [4.78, 5) is 13.6. The highest BCUT2D eigenvalue weighted by atomic mass is 35.5. The zero-order valence-electron chi connectivity index (χ0n) is 19.5. The maximum atomic E-state index is 12.8. The smallest absolute Gasteiger partial charge is 0.320 e. The maximum Gasteiger partial charge on any atom is 0.320 e. The van der Waals surface area contributed by atoms with Crippen LogP contribution >= 0.6 is 11.6 Å². The van der Waals surface area contributed by atoms with Crippen molar-refractivity contribution in [2.24, 2.45) is 0 Å². The van der Waals surface area contributed by atoms with Crippen molar-refractivity contribution in [1.29, 1.82) is 0 Å². The fourth-order valence-corrected chi connectivity index (χ4v) is 4.51. The minimum Gasteiger partial charge on any atom is -0.494 e. The van der Waals surface area contributed by atoms with E-state index in [9.17, 15) is 13.2 Å². The van der Waals surface area contributed by atoms with Crippen LogP contribution in [0, 0.1) is 0 Å². The standard InChI is InChI=1S/C24H33ClN2O5S/c1-4-31-24(28)19-26(2)17-7-5-6-8-18-32-22-13-11-21(12-14-22)27(3)33(29,30)23-15-9-20(25)10-16-23/h9-16H,4-8,17-19H2,1-3H3. The van der Waals surface area contributed by atoms with Crippen LogP contribution in [0.4, 0.5) is 5.69 Å². The molecule has 0 saturated carbocycles. The molecular formula is C24H33ClN2O5S. The Kier molecular flexibility index (Phi) is 11.0. The first-order valence-corrected chi connectivity index (χ1v) is 12.9. The molecule has 0 N–H and O–H groups in total. The SMILES string of the molecule is CCOC(=O)CN(C)CCCCCCOc1ccc(N(C)S(=O)(=O)c2ccc(Cl)cc2)cc1. The normalized spacial score (nSPS) is 11.4. The topological polar surface area (TPSA) is 76.2 Å². The van der Waals surface area contributed by atoms with E-state index in [-0.39, 0.29) is 10.9 Å². The Morgan fingerprint density at radius 2 is 1.58 bits per heavy atom. The molecule has 0 spiro atoms. The number of hydrogen-bond acceptors (Lipinski definition) is 6. The van der Waals surface area contributed by atoms with Gasteiger partial charge in [0.05, 0.1) is 30.3 Å². The lowest BCUT2D eigenvalue weighted by Crippen LogP contribution is -2.28. The van der Waals surface area contributed by atoms with Crippen molar-refractivity contribution in [1.82, 2.24) is 4.90 Å². The van der Waals surface area contributed by atoms with Crippen molar-refractivity contribution in [3.63, 3.8) is 0 Å². The summed E-state index contributed by atoms with van der Waals surface area (Å²) in [6.07, 6.45) is 4.03. The van der Waals surface area contributed by atoms with Crippen LogP contribution in [0.1, 0.15) is 32.6 Å². The number of benzene rings is 2. The molecule has 7 nitrogen and oxygen atoms in total. The third kappa shape index (κ3) is 8.87. The van der Waals surface area contributed by atoms with Gasteiger partial charge in [0.1, 0.15) is 5.75 Å². The molecular weight excluding hydrogens is 464 g/mol. The summed E-state index contributed by atoms with van der Waals surface area (Å²) >= 11 is 5.85. The molecule has 0 atom stereocenters. The van der Waals surface area contributed by atoms with Crippen LogP contribution in [0.25, 0.3) is 0 Å². The van der Waals surface area contributed by atoms with Gasteiger partial charge in [-0.1, -0.05) is 24.4 Å². The molecule has 0 fully saturated rings. The zero-order valence-corrected chi connectivity index (χ0v) is 21.1. The first-order valence-electron chi connectivity index (χ1n) is 11.1. The van der Waals surface area contributed by atoms with Gasteiger partial charge < -0.3 is 9.47 Å². The second-order valence-electron chi connectivity index (χ2n) is 7.73. The van der Waals surface area contributed by atoms with Gasteiger partial charge in [0, 0.05) is 12.1 Å². The van der Waals surface area contributed by atoms with Crippen molar-refractivity contribution in [2.75, 3.05) is 44.7 Å². The Morgan fingerprint density at radius 3 is 2.21 bits per heavy atom. The Labute approximate surface area is 202 Å². The lowest BCUT2D eigenvalue weighted by atomic mass is 10.2. The monoisotopic (exact) mass is 496 g/mol. The van der Waals surface area contributed by atoms with Crippen molar-refractivity contribution in [3.8, 4) is 5.75 Å². The highest BCUT2D eigenvalue weighted by molar-refractivity contribution is 7.92. The number of rotatable bonds is 14. The van der Waals surface area contributed by atoms with E-state index in [1.807, 2.05) is 11.9 Å². The van der Waals surface area contributed by atoms with Gasteiger partial charge in [0.25, 0.3) is 10.0 Å². The summed E-state index contributed by atoms with van der Waals surface area (Å²) < 4.78 is 37.5. The van der Waals surface area contributed by atoms with Crippen molar-refractivity contribution < 1.29 is 22.7 Å². The van der Waals surface area contributed by atoms with Gasteiger partial charge in [0.15, 0.2) is 0 Å².